The van der Waals surface area contributed by atoms with Gasteiger partial charge in [0.1, 0.15) is 6.17 Å². The van der Waals surface area contributed by atoms with Gasteiger partial charge < -0.3 is 25.5 Å². The van der Waals surface area contributed by atoms with E-state index in [0.717, 1.165) is 49.5 Å². The molecular formula is C30H40F4N6O3S. The van der Waals surface area contributed by atoms with Crippen molar-refractivity contribution in [1.29, 1.82) is 0 Å². The molecule has 3 aliphatic heterocycles. The number of halogens is 4. The lowest BCUT2D eigenvalue weighted by atomic mass is 9.99. The number of carbonyl (C=O) groups excluding carboxylic acids is 2. The summed E-state index contributed by atoms with van der Waals surface area (Å²) >= 11 is 1.10. The molecule has 9 nitrogen and oxygen atoms in total. The minimum absolute atomic E-state index is 0.0304. The topological polar surface area (TPSA) is 108 Å². The number of fused-ring (bicyclic) bond motifs is 1. The first kappa shape index (κ1) is 32.7. The van der Waals surface area contributed by atoms with Crippen LogP contribution in [0.3, 0.4) is 0 Å². The first-order valence-electron chi connectivity index (χ1n) is 15.3. The fraction of sp³-hybridized carbons (Fsp3) is 0.633. The van der Waals surface area contributed by atoms with E-state index in [1.807, 2.05) is 0 Å². The number of amides is 2. The van der Waals surface area contributed by atoms with Crippen LogP contribution >= 0.6 is 11.8 Å². The molecule has 2 amide bonds. The van der Waals surface area contributed by atoms with Crippen molar-refractivity contribution in [2.45, 2.75) is 75.0 Å². The Morgan fingerprint density at radius 3 is 2.45 bits per heavy atom. The number of nitrogens with two attached hydrogens (primary N) is 1. The number of aromatic nitrogens is 2. The van der Waals surface area contributed by atoms with Crippen LogP contribution in [0, 0.1) is 0 Å². The smallest absolute Gasteiger partial charge is 0.390 e. The third kappa shape index (κ3) is 7.93. The third-order valence-corrected chi connectivity index (χ3v) is 9.71. The van der Waals surface area contributed by atoms with Crippen LogP contribution in [0.5, 0.6) is 0 Å². The Morgan fingerprint density at radius 1 is 1.05 bits per heavy atom. The van der Waals surface area contributed by atoms with Crippen LogP contribution in [-0.4, -0.2) is 105 Å². The average molecular weight is 641 g/mol. The van der Waals surface area contributed by atoms with Crippen LogP contribution in [0.4, 0.5) is 17.6 Å². The van der Waals surface area contributed by atoms with Crippen LogP contribution in [0.2, 0.25) is 0 Å². The zero-order valence-electron chi connectivity index (χ0n) is 24.7. The van der Waals surface area contributed by atoms with Crippen LogP contribution < -0.4 is 5.73 Å². The molecule has 44 heavy (non-hydrogen) atoms. The van der Waals surface area contributed by atoms with E-state index in [0.29, 0.717) is 68.0 Å². The maximum absolute atomic E-state index is 14.0. The minimum atomic E-state index is -4.56. The van der Waals surface area contributed by atoms with Crippen LogP contribution in [0.15, 0.2) is 23.1 Å². The lowest BCUT2D eigenvalue weighted by Gasteiger charge is -2.29. The van der Waals surface area contributed by atoms with Crippen LogP contribution in [-0.2, 0) is 35.3 Å². The Morgan fingerprint density at radius 2 is 1.77 bits per heavy atom. The molecule has 1 aromatic carbocycles. The van der Waals surface area contributed by atoms with E-state index >= 15 is 0 Å². The van der Waals surface area contributed by atoms with Gasteiger partial charge in [-0.25, -0.2) is 4.39 Å². The number of hydrogen-bond acceptors (Lipinski definition) is 7. The normalized spacial score (nSPS) is 19.6. The average Bonchev–Trinajstić information content (AvgIpc) is 3.34. The van der Waals surface area contributed by atoms with E-state index in [1.165, 1.54) is 23.5 Å². The SMILES string of the molecule is NC(=O)C(=O)N1CCc2c(c(-c3ccc(C(F)(F)F)c(SCCN4CCC(F)CC4)c3)nn2C[C@H](O)CN2CCCCC2)C1. The Hall–Kier alpha value is -2.68. The second kappa shape index (κ2) is 14.2. The number of hydrogen-bond donors (Lipinski definition) is 2. The molecule has 2 aromatic rings. The lowest BCUT2D eigenvalue weighted by Crippen LogP contribution is -2.43. The Balaban J connectivity index is 1.42. The molecule has 1 aromatic heterocycles. The number of aliphatic hydroxyl groups is 1. The van der Waals surface area contributed by atoms with Gasteiger partial charge in [-0.3, -0.25) is 14.3 Å². The number of primary amides is 1. The number of rotatable bonds is 9. The largest absolute Gasteiger partial charge is 0.417 e. The second-order valence-electron chi connectivity index (χ2n) is 11.9. The summed E-state index contributed by atoms with van der Waals surface area (Å²) in [5, 5.41) is 15.7. The maximum atomic E-state index is 14.0. The molecule has 5 rings (SSSR count). The summed E-state index contributed by atoms with van der Waals surface area (Å²) in [6, 6.07) is 3.91. The highest BCUT2D eigenvalue weighted by Crippen LogP contribution is 2.40. The number of alkyl halides is 4. The zero-order valence-corrected chi connectivity index (χ0v) is 25.5. The van der Waals surface area contributed by atoms with Crippen molar-refractivity contribution in [2.75, 3.05) is 51.6 Å². The highest BCUT2D eigenvalue weighted by molar-refractivity contribution is 7.99. The Kier molecular flexibility index (Phi) is 10.5. The molecule has 3 N–H and O–H groups in total. The predicted octanol–water partition coefficient (Wildman–Crippen LogP) is 3.31. The zero-order chi connectivity index (χ0) is 31.4. The summed E-state index contributed by atoms with van der Waals surface area (Å²) < 4.78 is 57.3. The monoisotopic (exact) mass is 640 g/mol. The van der Waals surface area contributed by atoms with Crippen molar-refractivity contribution in [3.8, 4) is 11.3 Å². The van der Waals surface area contributed by atoms with Crippen molar-refractivity contribution >= 4 is 23.6 Å². The van der Waals surface area contributed by atoms with Gasteiger partial charge in [-0.2, -0.15) is 18.3 Å². The second-order valence-corrected chi connectivity index (χ2v) is 13.0. The van der Waals surface area contributed by atoms with Gasteiger partial charge in [0, 0.05) is 66.6 Å². The summed E-state index contributed by atoms with van der Waals surface area (Å²) in [6.45, 7) is 4.50. The quantitative estimate of drug-likeness (QED) is 0.246. The molecule has 0 radical (unpaired) electrons. The van der Waals surface area contributed by atoms with Gasteiger partial charge in [-0.1, -0.05) is 12.5 Å². The van der Waals surface area contributed by atoms with Crippen molar-refractivity contribution in [2.24, 2.45) is 5.73 Å². The van der Waals surface area contributed by atoms with Crippen molar-refractivity contribution < 1.29 is 32.3 Å². The molecule has 3 aliphatic rings. The number of nitrogens with zero attached hydrogens (tertiary/aromatic N) is 5. The lowest BCUT2D eigenvalue weighted by molar-refractivity contribution is -0.144. The van der Waals surface area contributed by atoms with Gasteiger partial charge >= 0.3 is 18.0 Å². The van der Waals surface area contributed by atoms with Gasteiger partial charge in [-0.15, -0.1) is 11.8 Å². The summed E-state index contributed by atoms with van der Waals surface area (Å²) in [5.41, 5.74) is 6.78. The molecule has 0 saturated carbocycles. The molecule has 2 fully saturated rings. The number of β-amino-alcohol motifs (C(OH)–C–C–N with tert-alkyl or cyclic N) is 1. The van der Waals surface area contributed by atoms with Crippen molar-refractivity contribution in [3.63, 3.8) is 0 Å². The van der Waals surface area contributed by atoms with Gasteiger partial charge in [0.2, 0.25) is 0 Å². The number of benzene rings is 1. The Labute approximate surface area is 258 Å². The van der Waals surface area contributed by atoms with Crippen LogP contribution in [0.1, 0.15) is 48.9 Å². The number of likely N-dealkylation sites (tertiary alicyclic amines) is 2. The summed E-state index contributed by atoms with van der Waals surface area (Å²) in [5.74, 6) is -1.51. The molecule has 0 unspecified atom stereocenters. The molecule has 0 aliphatic carbocycles. The highest BCUT2D eigenvalue weighted by atomic mass is 32.2. The predicted molar refractivity (Wildman–Crippen MR) is 159 cm³/mol. The molecule has 4 heterocycles. The number of carbonyl (C=O) groups is 2. The highest BCUT2D eigenvalue weighted by Gasteiger charge is 2.35. The molecule has 1 atom stereocenters. The van der Waals surface area contributed by atoms with E-state index in [4.69, 9.17) is 10.8 Å². The van der Waals surface area contributed by atoms with Gasteiger partial charge in [0.15, 0.2) is 0 Å². The van der Waals surface area contributed by atoms with Gasteiger partial charge in [0.25, 0.3) is 0 Å². The molecule has 2 saturated heterocycles. The van der Waals surface area contributed by atoms with E-state index < -0.39 is 35.8 Å². The minimum Gasteiger partial charge on any atom is -0.390 e. The first-order valence-corrected chi connectivity index (χ1v) is 16.3. The van der Waals surface area contributed by atoms with E-state index in [9.17, 15) is 32.3 Å². The molecule has 242 valence electrons. The van der Waals surface area contributed by atoms with Gasteiger partial charge in [0.05, 0.1) is 30.5 Å². The number of piperidine rings is 2. The molecular weight excluding hydrogens is 600 g/mol. The summed E-state index contributed by atoms with van der Waals surface area (Å²) in [4.78, 5) is 29.8. The van der Waals surface area contributed by atoms with Gasteiger partial charge in [-0.05, 0) is 50.9 Å². The molecule has 14 heteroatoms. The molecule has 0 spiro atoms. The summed E-state index contributed by atoms with van der Waals surface area (Å²) in [6.07, 6.45) is -1.52. The standard InChI is InChI=1S/C30H40F4N6O3S/c31-21-6-11-37(12-7-21)14-15-44-26-16-20(4-5-24(26)30(32,33)34)27-23-19-39(29(43)28(35)42)13-8-25(23)40(36-27)18-22(41)17-38-9-2-1-3-10-38/h4-5,16,21-22,41H,1-3,6-15,17-19H2,(H2,35,42)/t22-/m1/s1. The van der Waals surface area contributed by atoms with Crippen molar-refractivity contribution in [1.82, 2.24) is 24.5 Å². The summed E-state index contributed by atoms with van der Waals surface area (Å²) in [7, 11) is 0. The van der Waals surface area contributed by atoms with Crippen LogP contribution in [0.25, 0.3) is 11.3 Å². The van der Waals surface area contributed by atoms with E-state index in [2.05, 4.69) is 9.80 Å². The molecule has 0 bridgehead atoms. The maximum Gasteiger partial charge on any atom is 0.417 e. The van der Waals surface area contributed by atoms with Crippen molar-refractivity contribution in [3.05, 3.63) is 35.0 Å². The number of thioether (sulfide) groups is 1. The van der Waals surface area contributed by atoms with E-state index in [-0.39, 0.29) is 24.5 Å². The third-order valence-electron chi connectivity index (χ3n) is 8.68. The Bertz CT molecular complexity index is 1320. The fourth-order valence-electron chi connectivity index (χ4n) is 6.33. The number of aliphatic hydroxyl groups excluding tert-OH is 1. The first-order chi connectivity index (χ1) is 21.0. The fourth-order valence-corrected chi connectivity index (χ4v) is 7.45. The van der Waals surface area contributed by atoms with E-state index in [1.54, 1.807) is 4.68 Å².